The number of unbranched alkanes of at least 4 members (excludes halogenated alkanes) is 27. The second-order valence-electron chi connectivity index (χ2n) is 17.7. The SMILES string of the molecule is CC/C=C\C/C=C\C/C=C\CCCC(=O)OCC(COC(=O)CCCCCCCCC/C=C\CCCCCCCC)OC(=O)CCCCCCCCC/C=C\CCCCCCCC. The van der Waals surface area contributed by atoms with Crippen LogP contribution in [-0.4, -0.2) is 37.2 Å². The van der Waals surface area contributed by atoms with Crippen LogP contribution >= 0.6 is 0 Å². The third kappa shape index (κ3) is 50.0. The van der Waals surface area contributed by atoms with Gasteiger partial charge in [0.2, 0.25) is 0 Å². The van der Waals surface area contributed by atoms with Crippen LogP contribution in [0, 0.1) is 0 Å². The summed E-state index contributed by atoms with van der Waals surface area (Å²) in [7, 11) is 0. The number of allylic oxidation sites excluding steroid dienone is 10. The van der Waals surface area contributed by atoms with Crippen LogP contribution in [0.3, 0.4) is 0 Å². The van der Waals surface area contributed by atoms with Gasteiger partial charge in [-0.2, -0.15) is 0 Å². The van der Waals surface area contributed by atoms with Crippen LogP contribution in [0.15, 0.2) is 60.8 Å². The molecule has 0 rings (SSSR count). The molecular formula is C57H100O6. The van der Waals surface area contributed by atoms with Gasteiger partial charge in [0.15, 0.2) is 6.10 Å². The van der Waals surface area contributed by atoms with E-state index < -0.39 is 6.10 Å². The quantitative estimate of drug-likeness (QED) is 0.0262. The van der Waals surface area contributed by atoms with Gasteiger partial charge in [0, 0.05) is 19.3 Å². The summed E-state index contributed by atoms with van der Waals surface area (Å²) in [5.74, 6) is -0.953. The van der Waals surface area contributed by atoms with Gasteiger partial charge < -0.3 is 14.2 Å². The minimum Gasteiger partial charge on any atom is -0.462 e. The Bertz CT molecular complexity index is 1150. The lowest BCUT2D eigenvalue weighted by molar-refractivity contribution is -0.167. The van der Waals surface area contributed by atoms with Crippen molar-refractivity contribution in [1.29, 1.82) is 0 Å². The first-order chi connectivity index (χ1) is 31.0. The lowest BCUT2D eigenvalue weighted by Gasteiger charge is -2.18. The molecule has 0 saturated carbocycles. The molecule has 0 aromatic rings. The van der Waals surface area contributed by atoms with Crippen molar-refractivity contribution in [2.24, 2.45) is 0 Å². The molecular weight excluding hydrogens is 781 g/mol. The Morgan fingerprint density at radius 2 is 0.635 bits per heavy atom. The average molecular weight is 881 g/mol. The van der Waals surface area contributed by atoms with Crippen molar-refractivity contribution >= 4 is 17.9 Å². The largest absolute Gasteiger partial charge is 0.462 e. The Kier molecular flexibility index (Phi) is 49.4. The Morgan fingerprint density at radius 3 is 1.05 bits per heavy atom. The first-order valence-corrected chi connectivity index (χ1v) is 26.8. The van der Waals surface area contributed by atoms with Gasteiger partial charge in [0.05, 0.1) is 0 Å². The fraction of sp³-hybridized carbons (Fsp3) is 0.772. The minimum atomic E-state index is -0.797. The standard InChI is InChI=1S/C57H100O6/c1-4-7-10-13-16-19-22-24-26-28-30-32-35-38-41-44-47-50-56(59)62-53-54(52-61-55(58)49-46-43-40-37-34-21-18-15-12-9-6-3)63-57(60)51-48-45-42-39-36-33-31-29-27-25-23-20-17-14-11-8-5-2/h9,12,18,21,24-27,37,40,54H,4-8,10-11,13-17,19-20,22-23,28-36,38-39,41-53H2,1-3H3/b12-9-,21-18-,26-24-,27-25-,40-37-. The molecule has 1 unspecified atom stereocenters. The number of ether oxygens (including phenoxy) is 3. The number of carbonyl (C=O) groups excluding carboxylic acids is 3. The molecule has 63 heavy (non-hydrogen) atoms. The van der Waals surface area contributed by atoms with E-state index in [0.29, 0.717) is 19.3 Å². The lowest BCUT2D eigenvalue weighted by atomic mass is 10.1. The van der Waals surface area contributed by atoms with Crippen molar-refractivity contribution in [3.8, 4) is 0 Å². The van der Waals surface area contributed by atoms with Gasteiger partial charge in [-0.3, -0.25) is 14.4 Å². The molecule has 0 heterocycles. The zero-order valence-electron chi connectivity index (χ0n) is 41.6. The summed E-state index contributed by atoms with van der Waals surface area (Å²) >= 11 is 0. The molecule has 6 nitrogen and oxygen atoms in total. The maximum absolute atomic E-state index is 12.8. The first-order valence-electron chi connectivity index (χ1n) is 26.8. The highest BCUT2D eigenvalue weighted by Crippen LogP contribution is 2.15. The summed E-state index contributed by atoms with van der Waals surface area (Å²) < 4.78 is 16.8. The third-order valence-electron chi connectivity index (χ3n) is 11.5. The van der Waals surface area contributed by atoms with E-state index in [0.717, 1.165) is 64.2 Å². The van der Waals surface area contributed by atoms with Crippen LogP contribution in [0.1, 0.15) is 265 Å². The molecule has 0 aromatic heterocycles. The molecule has 6 heteroatoms. The van der Waals surface area contributed by atoms with E-state index >= 15 is 0 Å². The summed E-state index contributed by atoms with van der Waals surface area (Å²) in [6, 6.07) is 0. The van der Waals surface area contributed by atoms with E-state index in [1.165, 1.54) is 154 Å². The third-order valence-corrected chi connectivity index (χ3v) is 11.5. The fourth-order valence-corrected chi connectivity index (χ4v) is 7.46. The molecule has 0 radical (unpaired) electrons. The number of rotatable bonds is 48. The van der Waals surface area contributed by atoms with Crippen LogP contribution in [0.5, 0.6) is 0 Å². The summed E-state index contributed by atoms with van der Waals surface area (Å²) in [4.78, 5) is 38.0. The van der Waals surface area contributed by atoms with E-state index in [1.807, 2.05) is 0 Å². The average Bonchev–Trinajstić information content (AvgIpc) is 3.28. The molecule has 0 aliphatic heterocycles. The number of hydrogen-bond acceptors (Lipinski definition) is 6. The summed E-state index contributed by atoms with van der Waals surface area (Å²) in [6.07, 6.45) is 63.6. The van der Waals surface area contributed by atoms with Crippen molar-refractivity contribution in [3.05, 3.63) is 60.8 Å². The predicted molar refractivity (Wildman–Crippen MR) is 270 cm³/mol. The number of hydrogen-bond donors (Lipinski definition) is 0. The molecule has 0 amide bonds. The van der Waals surface area contributed by atoms with E-state index in [2.05, 4.69) is 81.5 Å². The van der Waals surface area contributed by atoms with E-state index in [4.69, 9.17) is 14.2 Å². The summed E-state index contributed by atoms with van der Waals surface area (Å²) in [5.41, 5.74) is 0. The van der Waals surface area contributed by atoms with Crippen molar-refractivity contribution in [3.63, 3.8) is 0 Å². The molecule has 0 bridgehead atoms. The molecule has 0 spiro atoms. The van der Waals surface area contributed by atoms with Crippen molar-refractivity contribution in [2.45, 2.75) is 271 Å². The fourth-order valence-electron chi connectivity index (χ4n) is 7.46. The van der Waals surface area contributed by atoms with E-state index in [-0.39, 0.29) is 37.5 Å². The molecule has 0 fully saturated rings. The van der Waals surface area contributed by atoms with Crippen LogP contribution in [0.4, 0.5) is 0 Å². The van der Waals surface area contributed by atoms with Crippen LogP contribution in [-0.2, 0) is 28.6 Å². The monoisotopic (exact) mass is 881 g/mol. The summed E-state index contributed by atoms with van der Waals surface area (Å²) in [6.45, 7) is 6.47. The highest BCUT2D eigenvalue weighted by atomic mass is 16.6. The number of carbonyl (C=O) groups is 3. The van der Waals surface area contributed by atoms with Gasteiger partial charge in [-0.25, -0.2) is 0 Å². The number of esters is 3. The Morgan fingerprint density at radius 1 is 0.333 bits per heavy atom. The highest BCUT2D eigenvalue weighted by molar-refractivity contribution is 5.71. The molecule has 0 aliphatic carbocycles. The van der Waals surface area contributed by atoms with E-state index in [1.54, 1.807) is 0 Å². The first kappa shape index (κ1) is 60.1. The molecule has 0 aromatic carbocycles. The van der Waals surface area contributed by atoms with Gasteiger partial charge in [0.25, 0.3) is 0 Å². The molecule has 1 atom stereocenters. The van der Waals surface area contributed by atoms with Crippen molar-refractivity contribution < 1.29 is 28.6 Å². The summed E-state index contributed by atoms with van der Waals surface area (Å²) in [5, 5.41) is 0. The van der Waals surface area contributed by atoms with Crippen molar-refractivity contribution in [2.75, 3.05) is 13.2 Å². The van der Waals surface area contributed by atoms with Crippen LogP contribution < -0.4 is 0 Å². The highest BCUT2D eigenvalue weighted by Gasteiger charge is 2.19. The van der Waals surface area contributed by atoms with Gasteiger partial charge in [-0.15, -0.1) is 0 Å². The zero-order chi connectivity index (χ0) is 45.8. The van der Waals surface area contributed by atoms with Gasteiger partial charge in [-0.05, 0) is 96.3 Å². The minimum absolute atomic E-state index is 0.0933. The topological polar surface area (TPSA) is 78.9 Å². The van der Waals surface area contributed by atoms with Gasteiger partial charge in [0.1, 0.15) is 13.2 Å². The van der Waals surface area contributed by atoms with Crippen LogP contribution in [0.2, 0.25) is 0 Å². The maximum atomic E-state index is 12.8. The Labute approximate surface area is 390 Å². The van der Waals surface area contributed by atoms with Gasteiger partial charge in [-0.1, -0.05) is 210 Å². The normalized spacial score (nSPS) is 12.5. The van der Waals surface area contributed by atoms with Crippen molar-refractivity contribution in [1.82, 2.24) is 0 Å². The van der Waals surface area contributed by atoms with Crippen LogP contribution in [0.25, 0.3) is 0 Å². The molecule has 0 saturated heterocycles. The molecule has 0 N–H and O–H groups in total. The maximum Gasteiger partial charge on any atom is 0.306 e. The molecule has 364 valence electrons. The Hall–Kier alpha value is -2.89. The predicted octanol–water partition coefficient (Wildman–Crippen LogP) is 17.6. The lowest BCUT2D eigenvalue weighted by Crippen LogP contribution is -2.30. The van der Waals surface area contributed by atoms with E-state index in [9.17, 15) is 14.4 Å². The molecule has 0 aliphatic rings. The second-order valence-corrected chi connectivity index (χ2v) is 17.7. The Balaban J connectivity index is 4.39. The smallest absolute Gasteiger partial charge is 0.306 e. The second kappa shape index (κ2) is 51.7. The zero-order valence-corrected chi connectivity index (χ0v) is 41.6. The van der Waals surface area contributed by atoms with Gasteiger partial charge >= 0.3 is 17.9 Å².